The average Bonchev–Trinajstić information content (AvgIpc) is 2.65. The Kier molecular flexibility index (Phi) is 5.45. The van der Waals surface area contributed by atoms with Crippen molar-refractivity contribution in [3.8, 4) is 0 Å². The number of carbonyl (C=O) groups excluding carboxylic acids is 1. The van der Waals surface area contributed by atoms with E-state index >= 15 is 0 Å². The minimum atomic E-state index is -0.658. The number of hydrogen-bond donors (Lipinski definition) is 1. The molecule has 2 aromatic rings. The van der Waals surface area contributed by atoms with Crippen LogP contribution < -0.4 is 5.73 Å². The van der Waals surface area contributed by atoms with Crippen LogP contribution in [0.15, 0.2) is 23.2 Å². The van der Waals surface area contributed by atoms with Crippen molar-refractivity contribution in [2.45, 2.75) is 33.1 Å². The van der Waals surface area contributed by atoms with Crippen LogP contribution in [0.4, 0.5) is 11.5 Å². The summed E-state index contributed by atoms with van der Waals surface area (Å²) in [7, 11) is 1.36. The number of rotatable bonds is 3. The third kappa shape index (κ3) is 3.19. The molecule has 1 aliphatic rings. The van der Waals surface area contributed by atoms with Crippen molar-refractivity contribution < 1.29 is 9.53 Å². The smallest absolute Gasteiger partial charge is 0.315 e. The highest BCUT2D eigenvalue weighted by molar-refractivity contribution is 6.42. The van der Waals surface area contributed by atoms with E-state index in [0.717, 1.165) is 17.7 Å². The van der Waals surface area contributed by atoms with Gasteiger partial charge in [0.25, 0.3) is 0 Å². The third-order valence-corrected chi connectivity index (χ3v) is 5.93. The van der Waals surface area contributed by atoms with Crippen LogP contribution in [0.2, 0.25) is 10.0 Å². The van der Waals surface area contributed by atoms with Gasteiger partial charge in [0.15, 0.2) is 5.82 Å². The van der Waals surface area contributed by atoms with Crippen LogP contribution in [0.25, 0.3) is 0 Å². The van der Waals surface area contributed by atoms with E-state index in [4.69, 9.17) is 38.7 Å². The molecule has 0 radical (unpaired) electrons. The van der Waals surface area contributed by atoms with Gasteiger partial charge in [0.1, 0.15) is 5.92 Å². The van der Waals surface area contributed by atoms with Crippen molar-refractivity contribution in [1.82, 2.24) is 4.98 Å². The fourth-order valence-corrected chi connectivity index (χ4v) is 4.09. The Hall–Kier alpha value is -2.11. The Bertz CT molecular complexity index is 957. The van der Waals surface area contributed by atoms with Crippen LogP contribution in [0.3, 0.4) is 0 Å². The number of aromatic nitrogens is 1. The minimum absolute atomic E-state index is 0.385. The maximum Gasteiger partial charge on any atom is 0.315 e. The topological polar surface area (TPSA) is 77.6 Å². The number of ether oxygens (including phenoxy) is 1. The Morgan fingerprint density at radius 3 is 2.63 bits per heavy atom. The number of benzene rings is 1. The van der Waals surface area contributed by atoms with Gasteiger partial charge >= 0.3 is 5.97 Å². The maximum absolute atomic E-state index is 12.6. The number of pyridine rings is 1. The molecule has 2 unspecified atom stereocenters. The number of nitrogens with zero attached hydrogens (tertiary/aromatic N) is 2. The molecule has 1 aliphatic heterocycles. The number of fused-ring (bicyclic) bond motifs is 1. The summed E-state index contributed by atoms with van der Waals surface area (Å²) in [4.78, 5) is 21.9. The molecule has 27 heavy (non-hydrogen) atoms. The van der Waals surface area contributed by atoms with Crippen LogP contribution in [0.5, 0.6) is 0 Å². The second-order valence-electron chi connectivity index (χ2n) is 6.56. The quantitative estimate of drug-likeness (QED) is 0.738. The first-order valence-corrected chi connectivity index (χ1v) is 9.43. The summed E-state index contributed by atoms with van der Waals surface area (Å²) in [5.74, 6) is -1.02. The molecule has 2 heterocycles. The van der Waals surface area contributed by atoms with Gasteiger partial charge < -0.3 is 10.5 Å². The molecule has 0 bridgehead atoms. The van der Waals surface area contributed by atoms with Crippen molar-refractivity contribution in [3.63, 3.8) is 0 Å². The lowest BCUT2D eigenvalue weighted by Crippen LogP contribution is -2.34. The molecular weight excluding hydrogens is 385 g/mol. The molecule has 142 valence electrons. The number of methoxy groups -OCH3 is 1. The molecule has 3 rings (SSSR count). The molecule has 1 aromatic carbocycles. The van der Waals surface area contributed by atoms with Gasteiger partial charge in [-0.1, -0.05) is 42.3 Å². The van der Waals surface area contributed by atoms with Crippen LogP contribution >= 0.6 is 23.2 Å². The van der Waals surface area contributed by atoms with E-state index in [1.807, 2.05) is 19.9 Å². The number of halogens is 2. The van der Waals surface area contributed by atoms with E-state index in [1.165, 1.54) is 7.11 Å². The second-order valence-corrected chi connectivity index (χ2v) is 7.35. The molecule has 7 heteroatoms. The highest BCUT2D eigenvalue weighted by Crippen LogP contribution is 2.48. The summed E-state index contributed by atoms with van der Waals surface area (Å²) in [5.41, 5.74) is 10.8. The average molecular weight is 406 g/mol. The third-order valence-electron chi connectivity index (χ3n) is 5.09. The van der Waals surface area contributed by atoms with Crippen molar-refractivity contribution in [2.75, 3.05) is 12.8 Å². The molecule has 1 aromatic heterocycles. The number of hydrogen-bond acceptors (Lipinski definition) is 5. The van der Waals surface area contributed by atoms with E-state index in [2.05, 4.69) is 4.99 Å². The van der Waals surface area contributed by atoms with Crippen molar-refractivity contribution in [2.24, 2.45) is 10.9 Å². The first-order valence-electron chi connectivity index (χ1n) is 8.67. The molecule has 0 aliphatic carbocycles. The Morgan fingerprint density at radius 2 is 2.00 bits per heavy atom. The number of aryl methyl sites for hydroxylation is 1. The normalized spacial score (nSPS) is 18.7. The zero-order valence-corrected chi connectivity index (χ0v) is 17.1. The molecule has 0 fully saturated rings. The van der Waals surface area contributed by atoms with Crippen molar-refractivity contribution in [3.05, 3.63) is 50.6 Å². The van der Waals surface area contributed by atoms with Gasteiger partial charge in [-0.2, -0.15) is 0 Å². The van der Waals surface area contributed by atoms with E-state index in [-0.39, 0.29) is 0 Å². The van der Waals surface area contributed by atoms with E-state index in [1.54, 1.807) is 19.1 Å². The zero-order valence-electron chi connectivity index (χ0n) is 15.6. The highest BCUT2D eigenvalue weighted by Gasteiger charge is 2.41. The van der Waals surface area contributed by atoms with Gasteiger partial charge in [0.05, 0.1) is 17.2 Å². The van der Waals surface area contributed by atoms with Crippen LogP contribution in [0.1, 0.15) is 42.1 Å². The lowest BCUT2D eigenvalue weighted by Gasteiger charge is -2.32. The summed E-state index contributed by atoms with van der Waals surface area (Å²) < 4.78 is 5.05. The molecular formula is C20H21Cl2N3O2. The van der Waals surface area contributed by atoms with Gasteiger partial charge in [-0.15, -0.1) is 0 Å². The predicted molar refractivity (Wildman–Crippen MR) is 109 cm³/mol. The number of nitrogen functional groups attached to an aromatic ring is 1. The Balaban J connectivity index is 2.37. The molecule has 2 atom stereocenters. The number of anilines is 1. The first-order chi connectivity index (χ1) is 12.8. The number of carbonyl (C=O) groups is 1. The lowest BCUT2D eigenvalue weighted by atomic mass is 9.75. The molecule has 0 saturated carbocycles. The highest BCUT2D eigenvalue weighted by atomic mass is 35.5. The standard InChI is InChI=1S/C20H21Cl2N3O2/c1-5-13-9(2)18(23)16-15(11-7-6-8-12(21)17(11)22)14(20(26)27-4)10(3)24-19(16)25-13/h6-8,14-15H,5H2,1-4H3,(H2,23,25). The van der Waals surface area contributed by atoms with Gasteiger partial charge in [-0.25, -0.2) is 9.98 Å². The van der Waals surface area contributed by atoms with Crippen molar-refractivity contribution in [1.29, 1.82) is 0 Å². The molecule has 0 saturated heterocycles. The summed E-state index contributed by atoms with van der Waals surface area (Å²) >= 11 is 12.8. The first kappa shape index (κ1) is 19.6. The summed E-state index contributed by atoms with van der Waals surface area (Å²) in [5, 5.41) is 0.795. The summed E-state index contributed by atoms with van der Waals surface area (Å²) in [6.45, 7) is 5.73. The predicted octanol–water partition coefficient (Wildman–Crippen LogP) is 4.87. The fourth-order valence-electron chi connectivity index (χ4n) is 3.66. The molecule has 2 N–H and O–H groups in total. The van der Waals surface area contributed by atoms with Crippen molar-refractivity contribution >= 4 is 46.4 Å². The zero-order chi connectivity index (χ0) is 19.9. The SMILES string of the molecule is CCc1nc2c(c(N)c1C)C(c1cccc(Cl)c1Cl)C(C(=O)OC)C(C)=N2. The maximum atomic E-state index is 12.6. The van der Waals surface area contributed by atoms with Gasteiger partial charge in [0, 0.05) is 28.6 Å². The molecule has 0 amide bonds. The molecule has 5 nitrogen and oxygen atoms in total. The van der Waals surface area contributed by atoms with Gasteiger partial charge in [-0.3, -0.25) is 4.79 Å². The monoisotopic (exact) mass is 405 g/mol. The minimum Gasteiger partial charge on any atom is -0.468 e. The fraction of sp³-hybridized carbons (Fsp3) is 0.350. The van der Waals surface area contributed by atoms with Crippen LogP contribution in [-0.4, -0.2) is 23.8 Å². The summed E-state index contributed by atoms with van der Waals surface area (Å²) in [6, 6.07) is 5.35. The number of esters is 1. The Labute approximate surface area is 168 Å². The summed E-state index contributed by atoms with van der Waals surface area (Å²) in [6.07, 6.45) is 0.737. The number of aliphatic imine (C=N–C) groups is 1. The van der Waals surface area contributed by atoms with Crippen LogP contribution in [-0.2, 0) is 16.0 Å². The largest absolute Gasteiger partial charge is 0.468 e. The molecule has 0 spiro atoms. The number of nitrogens with two attached hydrogens (primary N) is 1. The Morgan fingerprint density at radius 1 is 1.30 bits per heavy atom. The van der Waals surface area contributed by atoms with Gasteiger partial charge in [0.2, 0.25) is 0 Å². The van der Waals surface area contributed by atoms with Crippen LogP contribution in [0, 0.1) is 12.8 Å². The second kappa shape index (κ2) is 7.49. The van der Waals surface area contributed by atoms with E-state index in [0.29, 0.717) is 38.4 Å². The van der Waals surface area contributed by atoms with E-state index < -0.39 is 17.8 Å². The van der Waals surface area contributed by atoms with Gasteiger partial charge in [-0.05, 0) is 37.5 Å². The van der Waals surface area contributed by atoms with E-state index in [9.17, 15) is 4.79 Å². The lowest BCUT2D eigenvalue weighted by molar-refractivity contribution is -0.143.